The molecule has 31 heavy (non-hydrogen) atoms. The van der Waals surface area contributed by atoms with Crippen LogP contribution >= 0.6 is 11.6 Å². The fourth-order valence-electron chi connectivity index (χ4n) is 3.70. The molecule has 0 atom stereocenters. The van der Waals surface area contributed by atoms with E-state index in [0.29, 0.717) is 35.4 Å². The first kappa shape index (κ1) is 21.0. The summed E-state index contributed by atoms with van der Waals surface area (Å²) in [6.07, 6.45) is 2.13. The molecular formula is C24H17ClF2NO3-. The third-order valence-electron chi connectivity index (χ3n) is 5.15. The number of carbonyl (C=O) groups is 1. The number of halogens is 3. The molecule has 4 nitrogen and oxygen atoms in total. The summed E-state index contributed by atoms with van der Waals surface area (Å²) < 4.78 is 34.1. The molecule has 1 aromatic heterocycles. The summed E-state index contributed by atoms with van der Waals surface area (Å²) in [6.45, 7) is -0.0529. The van der Waals surface area contributed by atoms with Crippen LogP contribution in [0.15, 0.2) is 54.6 Å². The van der Waals surface area contributed by atoms with Crippen LogP contribution < -0.4 is 9.84 Å². The SMILES string of the molecule is O=C([O-])c1cccc(C2=C(c3cc(F)ccc3OCc3ccc(Cl)cc3F)CCC2)n1. The predicted molar refractivity (Wildman–Crippen MR) is 111 cm³/mol. The first-order valence-corrected chi connectivity index (χ1v) is 10.1. The van der Waals surface area contributed by atoms with Crippen LogP contribution in [-0.4, -0.2) is 11.0 Å². The lowest BCUT2D eigenvalue weighted by Gasteiger charge is -2.15. The van der Waals surface area contributed by atoms with Crippen molar-refractivity contribution in [1.29, 1.82) is 0 Å². The fraction of sp³-hybridized carbons (Fsp3) is 0.167. The van der Waals surface area contributed by atoms with Gasteiger partial charge in [0.05, 0.1) is 17.4 Å². The number of rotatable bonds is 6. The number of aromatic carboxylic acids is 1. The van der Waals surface area contributed by atoms with Crippen molar-refractivity contribution in [3.05, 3.63) is 93.8 Å². The highest BCUT2D eigenvalue weighted by atomic mass is 35.5. The number of ether oxygens (including phenoxy) is 1. The summed E-state index contributed by atoms with van der Waals surface area (Å²) >= 11 is 5.79. The minimum Gasteiger partial charge on any atom is -0.543 e. The van der Waals surface area contributed by atoms with Crippen molar-refractivity contribution in [3.8, 4) is 5.75 Å². The number of pyridine rings is 1. The maximum Gasteiger partial charge on any atom is 0.131 e. The second-order valence-corrected chi connectivity index (χ2v) is 7.61. The van der Waals surface area contributed by atoms with E-state index >= 15 is 0 Å². The number of hydrogen-bond donors (Lipinski definition) is 0. The van der Waals surface area contributed by atoms with Gasteiger partial charge in [0.2, 0.25) is 0 Å². The van der Waals surface area contributed by atoms with Crippen LogP contribution in [0.4, 0.5) is 8.78 Å². The van der Waals surface area contributed by atoms with Crippen LogP contribution in [0.25, 0.3) is 11.1 Å². The molecule has 0 saturated heterocycles. The highest BCUT2D eigenvalue weighted by molar-refractivity contribution is 6.30. The van der Waals surface area contributed by atoms with Crippen LogP contribution in [0, 0.1) is 11.6 Å². The Balaban J connectivity index is 1.71. The molecule has 1 heterocycles. The molecule has 158 valence electrons. The molecule has 0 saturated carbocycles. The normalized spacial score (nSPS) is 13.5. The topological polar surface area (TPSA) is 62.2 Å². The zero-order valence-corrected chi connectivity index (χ0v) is 17.1. The number of aromatic nitrogens is 1. The molecule has 1 aliphatic carbocycles. The molecule has 0 bridgehead atoms. The fourth-order valence-corrected chi connectivity index (χ4v) is 3.86. The van der Waals surface area contributed by atoms with Gasteiger partial charge in [0.25, 0.3) is 0 Å². The van der Waals surface area contributed by atoms with Gasteiger partial charge in [-0.2, -0.15) is 0 Å². The van der Waals surface area contributed by atoms with Gasteiger partial charge in [0.1, 0.15) is 24.0 Å². The summed E-state index contributed by atoms with van der Waals surface area (Å²) in [5.74, 6) is -1.88. The maximum atomic E-state index is 14.1. The number of carboxylic acids is 1. The molecule has 2 aromatic carbocycles. The average Bonchev–Trinajstić information content (AvgIpc) is 3.23. The molecule has 0 spiro atoms. The van der Waals surface area contributed by atoms with Gasteiger partial charge in [-0.1, -0.05) is 23.7 Å². The van der Waals surface area contributed by atoms with Crippen molar-refractivity contribution >= 4 is 28.7 Å². The van der Waals surface area contributed by atoms with E-state index in [1.807, 2.05) is 0 Å². The van der Waals surface area contributed by atoms with Crippen LogP contribution in [0.3, 0.4) is 0 Å². The molecule has 0 fully saturated rings. The van der Waals surface area contributed by atoms with Gasteiger partial charge in [-0.3, -0.25) is 0 Å². The van der Waals surface area contributed by atoms with Crippen molar-refractivity contribution in [1.82, 2.24) is 4.98 Å². The standard InChI is InChI=1S/C24H18ClF2NO3/c25-15-8-7-14(20(27)11-15)13-31-23-10-9-16(26)12-19(23)17-3-1-4-18(17)21-5-2-6-22(28-21)24(29)30/h2,5-12H,1,3-4,13H2,(H,29,30)/p-1. The van der Waals surface area contributed by atoms with Crippen LogP contribution in [0.5, 0.6) is 5.75 Å². The molecule has 7 heteroatoms. The summed E-state index contributed by atoms with van der Waals surface area (Å²) in [4.78, 5) is 15.4. The first-order valence-electron chi connectivity index (χ1n) is 9.70. The lowest BCUT2D eigenvalue weighted by Crippen LogP contribution is -2.23. The molecule has 0 N–H and O–H groups in total. The van der Waals surface area contributed by atoms with E-state index in [1.165, 1.54) is 36.4 Å². The summed E-state index contributed by atoms with van der Waals surface area (Å²) in [5.41, 5.74) is 2.87. The van der Waals surface area contributed by atoms with Gasteiger partial charge in [-0.25, -0.2) is 13.8 Å². The molecule has 4 rings (SSSR count). The second kappa shape index (κ2) is 8.86. The smallest absolute Gasteiger partial charge is 0.131 e. The zero-order chi connectivity index (χ0) is 22.0. The van der Waals surface area contributed by atoms with E-state index in [4.69, 9.17) is 16.3 Å². The van der Waals surface area contributed by atoms with Crippen LogP contribution in [0.1, 0.15) is 46.6 Å². The first-order chi connectivity index (χ1) is 14.9. The van der Waals surface area contributed by atoms with Crippen molar-refractivity contribution in [2.45, 2.75) is 25.9 Å². The van der Waals surface area contributed by atoms with E-state index < -0.39 is 17.6 Å². The molecule has 3 aromatic rings. The van der Waals surface area contributed by atoms with Gasteiger partial charge in [0, 0.05) is 16.1 Å². The van der Waals surface area contributed by atoms with Gasteiger partial charge < -0.3 is 14.6 Å². The van der Waals surface area contributed by atoms with Gasteiger partial charge in [-0.15, -0.1) is 0 Å². The van der Waals surface area contributed by atoms with Gasteiger partial charge >= 0.3 is 0 Å². The van der Waals surface area contributed by atoms with E-state index in [-0.39, 0.29) is 17.3 Å². The highest BCUT2D eigenvalue weighted by Crippen LogP contribution is 2.42. The van der Waals surface area contributed by atoms with E-state index in [9.17, 15) is 18.7 Å². The zero-order valence-electron chi connectivity index (χ0n) is 16.3. The Morgan fingerprint density at radius 1 is 1.06 bits per heavy atom. The van der Waals surface area contributed by atoms with E-state index in [2.05, 4.69) is 4.98 Å². The lowest BCUT2D eigenvalue weighted by atomic mass is 9.98. The Morgan fingerprint density at radius 3 is 2.65 bits per heavy atom. The Morgan fingerprint density at radius 2 is 1.87 bits per heavy atom. The third kappa shape index (κ3) is 4.59. The lowest BCUT2D eigenvalue weighted by molar-refractivity contribution is -0.255. The summed E-state index contributed by atoms with van der Waals surface area (Å²) in [5, 5.41) is 11.5. The largest absolute Gasteiger partial charge is 0.543 e. The number of benzene rings is 2. The molecule has 0 aliphatic heterocycles. The van der Waals surface area contributed by atoms with Crippen molar-refractivity contribution < 1.29 is 23.4 Å². The average molecular weight is 441 g/mol. The van der Waals surface area contributed by atoms with Crippen LogP contribution in [-0.2, 0) is 6.61 Å². The number of allylic oxidation sites excluding steroid dienone is 2. The van der Waals surface area contributed by atoms with Crippen molar-refractivity contribution in [3.63, 3.8) is 0 Å². The molecule has 0 unspecified atom stereocenters. The highest BCUT2D eigenvalue weighted by Gasteiger charge is 2.22. The van der Waals surface area contributed by atoms with Gasteiger partial charge in [-0.05, 0) is 72.9 Å². The van der Waals surface area contributed by atoms with E-state index in [0.717, 1.165) is 17.6 Å². The van der Waals surface area contributed by atoms with Crippen molar-refractivity contribution in [2.75, 3.05) is 0 Å². The Bertz CT molecular complexity index is 1190. The Hall–Kier alpha value is -3.25. The Kier molecular flexibility index (Phi) is 6.00. The van der Waals surface area contributed by atoms with Crippen LogP contribution in [0.2, 0.25) is 5.02 Å². The number of hydrogen-bond acceptors (Lipinski definition) is 4. The second-order valence-electron chi connectivity index (χ2n) is 7.17. The predicted octanol–water partition coefficient (Wildman–Crippen LogP) is 5.05. The molecular weight excluding hydrogens is 424 g/mol. The molecule has 0 radical (unpaired) electrons. The molecule has 0 amide bonds. The number of nitrogens with zero attached hydrogens (tertiary/aromatic N) is 1. The summed E-state index contributed by atoms with van der Waals surface area (Å²) in [6, 6.07) is 13.2. The van der Waals surface area contributed by atoms with E-state index in [1.54, 1.807) is 18.2 Å². The minimum absolute atomic E-state index is 0.0529. The quantitative estimate of drug-likeness (QED) is 0.538. The summed E-state index contributed by atoms with van der Waals surface area (Å²) in [7, 11) is 0. The minimum atomic E-state index is -1.36. The number of carbonyl (C=O) groups excluding carboxylic acids is 1. The van der Waals surface area contributed by atoms with Gasteiger partial charge in [0.15, 0.2) is 0 Å². The monoisotopic (exact) mass is 440 g/mol. The molecule has 1 aliphatic rings. The number of carboxylic acid groups (broad SMARTS) is 1. The van der Waals surface area contributed by atoms with Crippen molar-refractivity contribution in [2.24, 2.45) is 0 Å². The third-order valence-corrected chi connectivity index (χ3v) is 5.39. The Labute approximate surface area is 182 Å². The maximum absolute atomic E-state index is 14.1.